The summed E-state index contributed by atoms with van der Waals surface area (Å²) >= 11 is 3.45. The van der Waals surface area contributed by atoms with Gasteiger partial charge in [0.2, 0.25) is 0 Å². The molecule has 0 atom stereocenters. The fourth-order valence-corrected chi connectivity index (χ4v) is 3.24. The summed E-state index contributed by atoms with van der Waals surface area (Å²) in [5.74, 6) is 5.59. The van der Waals surface area contributed by atoms with Crippen molar-refractivity contribution in [3.8, 4) is 11.8 Å². The molecule has 0 saturated carbocycles. The van der Waals surface area contributed by atoms with Crippen molar-refractivity contribution < 1.29 is 5.11 Å². The molecule has 0 aliphatic heterocycles. The average Bonchev–Trinajstić information content (AvgIpc) is 2.98. The third kappa shape index (κ3) is 3.97. The maximum Gasteiger partial charge on any atom is 0.104 e. The van der Waals surface area contributed by atoms with E-state index in [1.54, 1.807) is 22.7 Å². The van der Waals surface area contributed by atoms with Crippen LogP contribution >= 0.6 is 22.7 Å². The van der Waals surface area contributed by atoms with Crippen LogP contribution in [0.1, 0.15) is 16.0 Å². The van der Waals surface area contributed by atoms with Gasteiger partial charge in [-0.2, -0.15) is 11.3 Å². The first-order chi connectivity index (χ1) is 8.78. The van der Waals surface area contributed by atoms with E-state index in [1.807, 2.05) is 5.38 Å². The Hall–Kier alpha value is -1.12. The second-order valence-electron chi connectivity index (χ2n) is 4.07. The summed E-state index contributed by atoms with van der Waals surface area (Å²) in [6, 6.07) is 4.26. The molecule has 0 bridgehead atoms. The van der Waals surface area contributed by atoms with Crippen molar-refractivity contribution in [2.24, 2.45) is 0 Å². The van der Waals surface area contributed by atoms with E-state index < -0.39 is 0 Å². The van der Waals surface area contributed by atoms with Crippen molar-refractivity contribution in [3.05, 3.63) is 44.3 Å². The molecular weight excluding hydrogens is 262 g/mol. The second kappa shape index (κ2) is 6.72. The van der Waals surface area contributed by atoms with Crippen LogP contribution in [0, 0.1) is 11.8 Å². The number of hydrogen-bond donors (Lipinski definition) is 1. The lowest BCUT2D eigenvalue weighted by Gasteiger charge is -2.14. The average molecular weight is 277 g/mol. The minimum atomic E-state index is -0.0801. The second-order valence-corrected chi connectivity index (χ2v) is 5.84. The summed E-state index contributed by atoms with van der Waals surface area (Å²) in [7, 11) is 2.12. The van der Waals surface area contributed by atoms with Gasteiger partial charge in [0, 0.05) is 28.9 Å². The van der Waals surface area contributed by atoms with Crippen molar-refractivity contribution in [3.63, 3.8) is 0 Å². The standard InChI is InChI=1S/C14H15NOS2/c1-15(8-13-4-6-17-10-13)9-14-7-12(11-18-14)3-2-5-16/h4,6-7,10-11,16H,5,8-9H2,1H3. The minimum absolute atomic E-state index is 0.0801. The van der Waals surface area contributed by atoms with Gasteiger partial charge in [-0.3, -0.25) is 4.90 Å². The van der Waals surface area contributed by atoms with E-state index in [0.717, 1.165) is 18.7 Å². The summed E-state index contributed by atoms with van der Waals surface area (Å²) in [6.07, 6.45) is 0. The van der Waals surface area contributed by atoms with Crippen LogP contribution in [0.15, 0.2) is 28.3 Å². The van der Waals surface area contributed by atoms with Gasteiger partial charge in [-0.15, -0.1) is 11.3 Å². The largest absolute Gasteiger partial charge is 0.384 e. The van der Waals surface area contributed by atoms with Crippen molar-refractivity contribution in [1.29, 1.82) is 0 Å². The van der Waals surface area contributed by atoms with Crippen LogP contribution in [0.3, 0.4) is 0 Å². The van der Waals surface area contributed by atoms with Gasteiger partial charge in [-0.25, -0.2) is 0 Å². The first-order valence-corrected chi connectivity index (χ1v) is 7.47. The lowest BCUT2D eigenvalue weighted by atomic mass is 10.3. The van der Waals surface area contributed by atoms with Gasteiger partial charge < -0.3 is 5.11 Å². The van der Waals surface area contributed by atoms with Crippen LogP contribution in [-0.4, -0.2) is 23.7 Å². The van der Waals surface area contributed by atoms with Crippen LogP contribution in [0.4, 0.5) is 0 Å². The third-order valence-electron chi connectivity index (χ3n) is 2.42. The Labute approximate surface area is 116 Å². The van der Waals surface area contributed by atoms with E-state index in [1.165, 1.54) is 10.4 Å². The Kier molecular flexibility index (Phi) is 4.97. The van der Waals surface area contributed by atoms with Crippen LogP contribution in [0.25, 0.3) is 0 Å². The quantitative estimate of drug-likeness (QED) is 0.869. The highest BCUT2D eigenvalue weighted by Crippen LogP contribution is 2.17. The molecule has 4 heteroatoms. The molecule has 0 amide bonds. The summed E-state index contributed by atoms with van der Waals surface area (Å²) in [4.78, 5) is 3.59. The van der Waals surface area contributed by atoms with E-state index in [0.29, 0.717) is 0 Å². The van der Waals surface area contributed by atoms with Gasteiger partial charge in [-0.05, 0) is 35.5 Å². The van der Waals surface area contributed by atoms with Gasteiger partial charge in [0.1, 0.15) is 6.61 Å². The topological polar surface area (TPSA) is 23.5 Å². The predicted molar refractivity (Wildman–Crippen MR) is 77.8 cm³/mol. The molecule has 2 aromatic rings. The molecule has 0 aromatic carbocycles. The van der Waals surface area contributed by atoms with Gasteiger partial charge in [0.15, 0.2) is 0 Å². The van der Waals surface area contributed by atoms with Crippen LogP contribution in [0.5, 0.6) is 0 Å². The number of nitrogens with zero attached hydrogens (tertiary/aromatic N) is 1. The Bertz CT molecular complexity index is 534. The molecule has 0 unspecified atom stereocenters. The molecule has 0 aliphatic carbocycles. The first-order valence-electron chi connectivity index (χ1n) is 5.64. The maximum absolute atomic E-state index is 8.65. The number of thiophene rings is 2. The monoisotopic (exact) mass is 277 g/mol. The molecule has 0 aliphatic rings. The zero-order valence-corrected chi connectivity index (χ0v) is 11.9. The Morgan fingerprint density at radius 2 is 2.22 bits per heavy atom. The fourth-order valence-electron chi connectivity index (χ4n) is 1.69. The van der Waals surface area contributed by atoms with Crippen LogP contribution in [0.2, 0.25) is 0 Å². The van der Waals surface area contributed by atoms with Crippen LogP contribution < -0.4 is 0 Å². The van der Waals surface area contributed by atoms with Crippen molar-refractivity contribution >= 4 is 22.7 Å². The molecule has 1 N–H and O–H groups in total. The third-order valence-corrected chi connectivity index (χ3v) is 4.08. The molecule has 2 aromatic heterocycles. The van der Waals surface area contributed by atoms with Crippen molar-refractivity contribution in [2.45, 2.75) is 13.1 Å². The molecule has 0 radical (unpaired) electrons. The zero-order chi connectivity index (χ0) is 12.8. The maximum atomic E-state index is 8.65. The SMILES string of the molecule is CN(Cc1ccsc1)Cc1cc(C#CCO)cs1. The van der Waals surface area contributed by atoms with E-state index in [2.05, 4.69) is 46.7 Å². The van der Waals surface area contributed by atoms with E-state index in [9.17, 15) is 0 Å². The normalized spacial score (nSPS) is 10.4. The molecule has 0 fully saturated rings. The lowest BCUT2D eigenvalue weighted by Crippen LogP contribution is -2.15. The van der Waals surface area contributed by atoms with Gasteiger partial charge in [-0.1, -0.05) is 11.8 Å². The molecule has 0 saturated heterocycles. The Morgan fingerprint density at radius 3 is 2.94 bits per heavy atom. The summed E-state index contributed by atoms with van der Waals surface area (Å²) in [5.41, 5.74) is 2.35. The molecular formula is C14H15NOS2. The Balaban J connectivity index is 1.90. The smallest absolute Gasteiger partial charge is 0.104 e. The molecule has 2 heterocycles. The van der Waals surface area contributed by atoms with Gasteiger partial charge in [0.25, 0.3) is 0 Å². The van der Waals surface area contributed by atoms with Crippen molar-refractivity contribution in [1.82, 2.24) is 4.90 Å². The van der Waals surface area contributed by atoms with E-state index in [4.69, 9.17) is 5.11 Å². The summed E-state index contributed by atoms with van der Waals surface area (Å²) in [5, 5.41) is 15.0. The van der Waals surface area contributed by atoms with E-state index in [-0.39, 0.29) is 6.61 Å². The highest BCUT2D eigenvalue weighted by Gasteiger charge is 2.04. The van der Waals surface area contributed by atoms with Crippen LogP contribution in [-0.2, 0) is 13.1 Å². The number of hydrogen-bond acceptors (Lipinski definition) is 4. The molecule has 2 nitrogen and oxygen atoms in total. The zero-order valence-electron chi connectivity index (χ0n) is 10.2. The highest BCUT2D eigenvalue weighted by atomic mass is 32.1. The first kappa shape index (κ1) is 13.3. The molecule has 0 spiro atoms. The fraction of sp³-hybridized carbons (Fsp3) is 0.286. The highest BCUT2D eigenvalue weighted by molar-refractivity contribution is 7.10. The number of rotatable bonds is 4. The minimum Gasteiger partial charge on any atom is -0.384 e. The van der Waals surface area contributed by atoms with E-state index >= 15 is 0 Å². The molecule has 18 heavy (non-hydrogen) atoms. The number of aliphatic hydroxyl groups is 1. The molecule has 2 rings (SSSR count). The van der Waals surface area contributed by atoms with Gasteiger partial charge in [0.05, 0.1) is 0 Å². The van der Waals surface area contributed by atoms with Gasteiger partial charge >= 0.3 is 0 Å². The van der Waals surface area contributed by atoms with Crippen molar-refractivity contribution in [2.75, 3.05) is 13.7 Å². The predicted octanol–water partition coefficient (Wildman–Crippen LogP) is 2.79. The summed E-state index contributed by atoms with van der Waals surface area (Å²) in [6.45, 7) is 1.82. The lowest BCUT2D eigenvalue weighted by molar-refractivity contribution is 0.322. The Morgan fingerprint density at radius 1 is 1.33 bits per heavy atom. The number of aliphatic hydroxyl groups excluding tert-OH is 1. The molecule has 94 valence electrons. The summed E-state index contributed by atoms with van der Waals surface area (Å²) < 4.78 is 0.